The fourth-order valence-corrected chi connectivity index (χ4v) is 4.13. The molecule has 0 bridgehead atoms. The first-order valence-corrected chi connectivity index (χ1v) is 8.21. The molecular formula is C18H16N2OS. The summed E-state index contributed by atoms with van der Waals surface area (Å²) >= 11 is 1.82. The second kappa shape index (κ2) is 5.55. The van der Waals surface area contributed by atoms with Crippen molar-refractivity contribution in [3.8, 4) is 0 Å². The molecule has 1 amide bonds. The minimum absolute atomic E-state index is 0.0344. The van der Waals surface area contributed by atoms with Crippen molar-refractivity contribution in [1.29, 1.82) is 0 Å². The van der Waals surface area contributed by atoms with Gasteiger partial charge in [0, 0.05) is 21.8 Å². The number of rotatable bonds is 2. The first-order chi connectivity index (χ1) is 10.8. The van der Waals surface area contributed by atoms with Gasteiger partial charge >= 0.3 is 0 Å². The normalized spacial score (nSPS) is 17.2. The second-order valence-corrected chi connectivity index (χ2v) is 6.63. The number of hydrogen-bond acceptors (Lipinski definition) is 3. The summed E-state index contributed by atoms with van der Waals surface area (Å²) in [6, 6.07) is 17.9. The third-order valence-corrected chi connectivity index (χ3v) is 5.27. The van der Waals surface area contributed by atoms with Gasteiger partial charge in [-0.15, -0.1) is 11.3 Å². The lowest BCUT2D eigenvalue weighted by Crippen LogP contribution is -2.44. The summed E-state index contributed by atoms with van der Waals surface area (Å²) < 4.78 is 1.30. The number of benzene rings is 2. The van der Waals surface area contributed by atoms with Crippen LogP contribution in [0.1, 0.15) is 10.4 Å². The smallest absolute Gasteiger partial charge is 0.241 e. The predicted molar refractivity (Wildman–Crippen MR) is 91.2 cm³/mol. The van der Waals surface area contributed by atoms with Crippen molar-refractivity contribution >= 4 is 33.0 Å². The van der Waals surface area contributed by atoms with Crippen LogP contribution >= 0.6 is 11.3 Å². The van der Waals surface area contributed by atoms with E-state index in [0.717, 1.165) is 18.7 Å². The van der Waals surface area contributed by atoms with E-state index in [4.69, 9.17) is 0 Å². The molecule has 4 heteroatoms. The van der Waals surface area contributed by atoms with Gasteiger partial charge < -0.3 is 10.6 Å². The maximum absolute atomic E-state index is 12.5. The van der Waals surface area contributed by atoms with Gasteiger partial charge in [0.1, 0.15) is 0 Å². The number of hydrogen-bond donors (Lipinski definition) is 2. The molecule has 0 fully saturated rings. The summed E-state index contributed by atoms with van der Waals surface area (Å²) in [5, 5.41) is 7.63. The van der Waals surface area contributed by atoms with Gasteiger partial charge in [0.25, 0.3) is 0 Å². The third-order valence-electron chi connectivity index (χ3n) is 4.06. The topological polar surface area (TPSA) is 41.1 Å². The number of para-hydroxylation sites is 1. The van der Waals surface area contributed by atoms with Crippen LogP contribution in [0, 0.1) is 0 Å². The van der Waals surface area contributed by atoms with E-state index < -0.39 is 0 Å². The Bertz CT molecular complexity index is 825. The van der Waals surface area contributed by atoms with E-state index in [1.165, 1.54) is 20.5 Å². The average Bonchev–Trinajstić information content (AvgIpc) is 2.93. The molecule has 110 valence electrons. The van der Waals surface area contributed by atoms with Crippen molar-refractivity contribution in [3.05, 3.63) is 65.0 Å². The van der Waals surface area contributed by atoms with Crippen LogP contribution in [0.4, 0.5) is 5.69 Å². The molecular weight excluding hydrogens is 292 g/mol. The van der Waals surface area contributed by atoms with Crippen LogP contribution in [-0.2, 0) is 17.8 Å². The molecule has 2 N–H and O–H groups in total. The summed E-state index contributed by atoms with van der Waals surface area (Å²) in [6.45, 7) is 0.765. The van der Waals surface area contributed by atoms with Crippen molar-refractivity contribution in [2.75, 3.05) is 5.32 Å². The van der Waals surface area contributed by atoms with Crippen LogP contribution < -0.4 is 10.6 Å². The summed E-state index contributed by atoms with van der Waals surface area (Å²) in [5.41, 5.74) is 2.17. The number of fused-ring (bicyclic) bond motifs is 3. The number of anilines is 1. The summed E-state index contributed by atoms with van der Waals surface area (Å²) in [4.78, 5) is 13.8. The van der Waals surface area contributed by atoms with Gasteiger partial charge in [-0.25, -0.2) is 0 Å². The molecule has 0 spiro atoms. The first-order valence-electron chi connectivity index (χ1n) is 7.40. The molecule has 22 heavy (non-hydrogen) atoms. The van der Waals surface area contributed by atoms with Crippen LogP contribution in [0.5, 0.6) is 0 Å². The zero-order chi connectivity index (χ0) is 14.9. The van der Waals surface area contributed by atoms with Crippen molar-refractivity contribution in [3.63, 3.8) is 0 Å². The van der Waals surface area contributed by atoms with Crippen molar-refractivity contribution in [1.82, 2.24) is 5.32 Å². The quantitative estimate of drug-likeness (QED) is 0.760. The van der Waals surface area contributed by atoms with E-state index in [1.807, 2.05) is 41.7 Å². The van der Waals surface area contributed by atoms with Crippen LogP contribution in [0.25, 0.3) is 10.1 Å². The van der Waals surface area contributed by atoms with Gasteiger partial charge in [0.2, 0.25) is 5.91 Å². The van der Waals surface area contributed by atoms with E-state index in [0.29, 0.717) is 0 Å². The molecule has 0 saturated heterocycles. The van der Waals surface area contributed by atoms with Crippen LogP contribution in [0.3, 0.4) is 0 Å². The molecule has 3 nitrogen and oxygen atoms in total. The Balaban J connectivity index is 1.57. The molecule has 0 aliphatic carbocycles. The zero-order valence-electron chi connectivity index (χ0n) is 12.0. The molecule has 1 aromatic heterocycles. The van der Waals surface area contributed by atoms with E-state index in [2.05, 4.69) is 34.9 Å². The predicted octanol–water partition coefficient (Wildman–Crippen LogP) is 3.55. The maximum Gasteiger partial charge on any atom is 0.241 e. The molecule has 4 rings (SSSR count). The van der Waals surface area contributed by atoms with Gasteiger partial charge in [0.15, 0.2) is 0 Å². The van der Waals surface area contributed by atoms with Crippen LogP contribution in [0.15, 0.2) is 54.6 Å². The SMILES string of the molecule is O=C(Nc1ccccc1)[C@H]1Cc2c(sc3ccccc23)CN1. The first kappa shape index (κ1) is 13.5. The number of carbonyl (C=O) groups excluding carboxylic acids is 1. The van der Waals surface area contributed by atoms with Crippen molar-refractivity contribution in [2.24, 2.45) is 0 Å². The lowest BCUT2D eigenvalue weighted by molar-refractivity contribution is -0.118. The Hall–Kier alpha value is -2.17. The van der Waals surface area contributed by atoms with Crippen molar-refractivity contribution in [2.45, 2.75) is 19.0 Å². The fourth-order valence-electron chi connectivity index (χ4n) is 2.94. The Morgan fingerprint density at radius 2 is 1.86 bits per heavy atom. The maximum atomic E-state index is 12.5. The lowest BCUT2D eigenvalue weighted by atomic mass is 9.98. The summed E-state index contributed by atoms with van der Waals surface area (Å²) in [5.74, 6) is 0.0344. The Labute approximate surface area is 133 Å². The highest BCUT2D eigenvalue weighted by Gasteiger charge is 2.26. The largest absolute Gasteiger partial charge is 0.325 e. The molecule has 1 aliphatic heterocycles. The van der Waals surface area contributed by atoms with Crippen LogP contribution in [0.2, 0.25) is 0 Å². The highest BCUT2D eigenvalue weighted by molar-refractivity contribution is 7.19. The highest BCUT2D eigenvalue weighted by atomic mass is 32.1. The van der Waals surface area contributed by atoms with E-state index in [9.17, 15) is 4.79 Å². The van der Waals surface area contributed by atoms with Crippen molar-refractivity contribution < 1.29 is 4.79 Å². The average molecular weight is 308 g/mol. The molecule has 2 heterocycles. The van der Waals surface area contributed by atoms with Gasteiger partial charge in [0.05, 0.1) is 6.04 Å². The highest BCUT2D eigenvalue weighted by Crippen LogP contribution is 2.34. The molecule has 3 aromatic rings. The molecule has 0 saturated carbocycles. The van der Waals surface area contributed by atoms with E-state index >= 15 is 0 Å². The molecule has 2 aromatic carbocycles. The van der Waals surface area contributed by atoms with E-state index in [1.54, 1.807) is 0 Å². The second-order valence-electron chi connectivity index (χ2n) is 5.49. The molecule has 0 radical (unpaired) electrons. The molecule has 1 aliphatic rings. The number of carbonyl (C=O) groups is 1. The summed E-state index contributed by atoms with van der Waals surface area (Å²) in [7, 11) is 0. The lowest BCUT2D eigenvalue weighted by Gasteiger charge is -2.23. The van der Waals surface area contributed by atoms with Gasteiger partial charge in [-0.2, -0.15) is 0 Å². The number of thiophene rings is 1. The molecule has 0 unspecified atom stereocenters. The van der Waals surface area contributed by atoms with Gasteiger partial charge in [-0.3, -0.25) is 4.79 Å². The minimum atomic E-state index is -0.175. The monoisotopic (exact) mass is 308 g/mol. The summed E-state index contributed by atoms with van der Waals surface area (Å²) in [6.07, 6.45) is 0.748. The fraction of sp³-hybridized carbons (Fsp3) is 0.167. The van der Waals surface area contributed by atoms with Gasteiger partial charge in [-0.05, 0) is 35.6 Å². The third kappa shape index (κ3) is 2.40. The number of nitrogens with one attached hydrogen (secondary N) is 2. The van der Waals surface area contributed by atoms with Crippen LogP contribution in [-0.4, -0.2) is 11.9 Å². The Morgan fingerprint density at radius 3 is 2.73 bits per heavy atom. The standard InChI is InChI=1S/C18H16N2OS/c21-18(20-12-6-2-1-3-7-12)15-10-14-13-8-4-5-9-16(13)22-17(14)11-19-15/h1-9,15,19H,10-11H2,(H,20,21)/t15-/m1/s1. The van der Waals surface area contributed by atoms with Gasteiger partial charge in [-0.1, -0.05) is 36.4 Å². The minimum Gasteiger partial charge on any atom is -0.325 e. The number of amides is 1. The molecule has 1 atom stereocenters. The Morgan fingerprint density at radius 1 is 1.09 bits per heavy atom. The zero-order valence-corrected chi connectivity index (χ0v) is 12.8. The van der Waals surface area contributed by atoms with E-state index in [-0.39, 0.29) is 11.9 Å². The Kier molecular flexibility index (Phi) is 3.41.